The highest BCUT2D eigenvalue weighted by molar-refractivity contribution is 7.20. The van der Waals surface area contributed by atoms with Gasteiger partial charge in [0.15, 0.2) is 0 Å². The fraction of sp³-hybridized carbons (Fsp3) is 0.435. The number of thiophene rings is 1. The number of carbonyl (C=O) groups is 1. The Morgan fingerprint density at radius 3 is 2.59 bits per heavy atom. The second-order valence-corrected chi connectivity index (χ2v) is 8.90. The number of piperidine rings is 1. The molecule has 0 aliphatic carbocycles. The van der Waals surface area contributed by atoms with Crippen molar-refractivity contribution in [1.82, 2.24) is 15.3 Å². The fourth-order valence-electron chi connectivity index (χ4n) is 4.00. The van der Waals surface area contributed by atoms with E-state index < -0.39 is 0 Å². The van der Waals surface area contributed by atoms with E-state index in [-0.39, 0.29) is 11.8 Å². The van der Waals surface area contributed by atoms with Crippen LogP contribution in [0.5, 0.6) is 0 Å². The summed E-state index contributed by atoms with van der Waals surface area (Å²) < 4.78 is 0. The number of nitrogens with zero attached hydrogens (tertiary/aromatic N) is 3. The van der Waals surface area contributed by atoms with E-state index in [4.69, 9.17) is 4.98 Å². The van der Waals surface area contributed by atoms with Gasteiger partial charge in [-0.15, -0.1) is 11.3 Å². The lowest BCUT2D eigenvalue weighted by Crippen LogP contribution is -2.30. The number of hydrogen-bond acceptors (Lipinski definition) is 5. The second-order valence-electron chi connectivity index (χ2n) is 7.90. The molecule has 0 unspecified atom stereocenters. The molecule has 0 spiro atoms. The third kappa shape index (κ3) is 4.13. The standard InChI is InChI=1S/C23H28N4OS/c1-15(18-10-6-4-7-11-18)14-24-22(28)20-16(2)19-21(27-12-8-5-9-13-27)25-17(3)26-23(19)29-20/h4,6-7,10-11,15H,5,8-9,12-14H2,1-3H3,(H,24,28)/t15-/m1/s1. The molecule has 1 fully saturated rings. The van der Waals surface area contributed by atoms with Crippen LogP contribution in [0.1, 0.15) is 58.7 Å². The summed E-state index contributed by atoms with van der Waals surface area (Å²) in [5.41, 5.74) is 2.23. The minimum atomic E-state index is -0.0180. The molecular formula is C23H28N4OS. The van der Waals surface area contributed by atoms with Crippen LogP contribution in [0.15, 0.2) is 30.3 Å². The predicted octanol–water partition coefficient (Wildman–Crippen LogP) is 4.83. The summed E-state index contributed by atoms with van der Waals surface area (Å²) in [7, 11) is 0. The lowest BCUT2D eigenvalue weighted by molar-refractivity contribution is 0.0955. The van der Waals surface area contributed by atoms with Gasteiger partial charge in [0.2, 0.25) is 0 Å². The molecule has 152 valence electrons. The molecule has 3 aromatic rings. The summed E-state index contributed by atoms with van der Waals surface area (Å²) in [6.45, 7) is 8.76. The van der Waals surface area contributed by atoms with Crippen molar-refractivity contribution < 1.29 is 4.79 Å². The highest BCUT2D eigenvalue weighted by atomic mass is 32.1. The number of nitrogens with one attached hydrogen (secondary N) is 1. The smallest absolute Gasteiger partial charge is 0.261 e. The van der Waals surface area contributed by atoms with Crippen molar-refractivity contribution in [3.8, 4) is 0 Å². The molecule has 1 aliphatic rings. The summed E-state index contributed by atoms with van der Waals surface area (Å²) in [5.74, 6) is 2.01. The Morgan fingerprint density at radius 1 is 1.14 bits per heavy atom. The largest absolute Gasteiger partial charge is 0.356 e. The van der Waals surface area contributed by atoms with Crippen molar-refractivity contribution in [3.63, 3.8) is 0 Å². The van der Waals surface area contributed by atoms with Crippen molar-refractivity contribution in [1.29, 1.82) is 0 Å². The van der Waals surface area contributed by atoms with E-state index in [1.807, 2.05) is 32.0 Å². The molecule has 1 aliphatic heterocycles. The van der Waals surface area contributed by atoms with Crippen LogP contribution in [-0.2, 0) is 0 Å². The molecule has 0 saturated carbocycles. The number of aromatic nitrogens is 2. The highest BCUT2D eigenvalue weighted by Gasteiger charge is 2.23. The summed E-state index contributed by atoms with van der Waals surface area (Å²) in [4.78, 5) is 26.4. The molecular weight excluding hydrogens is 380 g/mol. The first-order valence-corrected chi connectivity index (χ1v) is 11.2. The Labute approximate surface area is 176 Å². The van der Waals surface area contributed by atoms with Gasteiger partial charge in [-0.2, -0.15) is 0 Å². The zero-order valence-corrected chi connectivity index (χ0v) is 18.2. The van der Waals surface area contributed by atoms with Crippen molar-refractivity contribution in [2.24, 2.45) is 0 Å². The maximum absolute atomic E-state index is 13.0. The number of aryl methyl sites for hydroxylation is 2. The van der Waals surface area contributed by atoms with Gasteiger partial charge >= 0.3 is 0 Å². The van der Waals surface area contributed by atoms with Crippen molar-refractivity contribution in [3.05, 3.63) is 52.2 Å². The normalized spacial score (nSPS) is 15.5. The van der Waals surface area contributed by atoms with Gasteiger partial charge in [0.1, 0.15) is 16.5 Å². The lowest BCUT2D eigenvalue weighted by Gasteiger charge is -2.28. The molecule has 1 aromatic carbocycles. The third-order valence-electron chi connectivity index (χ3n) is 5.68. The van der Waals surface area contributed by atoms with Crippen LogP contribution in [0.4, 0.5) is 5.82 Å². The average Bonchev–Trinajstić information content (AvgIpc) is 3.08. The molecule has 4 rings (SSSR count). The van der Waals surface area contributed by atoms with Gasteiger partial charge in [-0.3, -0.25) is 4.79 Å². The maximum Gasteiger partial charge on any atom is 0.261 e. The number of rotatable bonds is 5. The molecule has 0 radical (unpaired) electrons. The van der Waals surface area contributed by atoms with Crippen LogP contribution in [0.25, 0.3) is 10.2 Å². The molecule has 2 aromatic heterocycles. The van der Waals surface area contributed by atoms with Crippen molar-refractivity contribution >= 4 is 33.3 Å². The molecule has 1 N–H and O–H groups in total. The van der Waals surface area contributed by atoms with E-state index in [1.165, 1.54) is 36.2 Å². The van der Waals surface area contributed by atoms with E-state index in [0.29, 0.717) is 6.54 Å². The zero-order valence-electron chi connectivity index (χ0n) is 17.4. The number of fused-ring (bicyclic) bond motifs is 1. The van der Waals surface area contributed by atoms with Gasteiger partial charge in [0, 0.05) is 19.6 Å². The number of benzene rings is 1. The molecule has 3 heterocycles. The first kappa shape index (κ1) is 19.8. The predicted molar refractivity (Wildman–Crippen MR) is 120 cm³/mol. The van der Waals surface area contributed by atoms with Gasteiger partial charge < -0.3 is 10.2 Å². The van der Waals surface area contributed by atoms with Crippen LogP contribution in [0, 0.1) is 13.8 Å². The summed E-state index contributed by atoms with van der Waals surface area (Å²) in [6.07, 6.45) is 3.66. The number of carbonyl (C=O) groups excluding carboxylic acids is 1. The Kier molecular flexibility index (Phi) is 5.81. The molecule has 29 heavy (non-hydrogen) atoms. The van der Waals surface area contributed by atoms with E-state index in [9.17, 15) is 4.79 Å². The van der Waals surface area contributed by atoms with E-state index in [1.54, 1.807) is 0 Å². The monoisotopic (exact) mass is 408 g/mol. The van der Waals surface area contributed by atoms with E-state index in [0.717, 1.165) is 45.4 Å². The molecule has 6 heteroatoms. The SMILES string of the molecule is Cc1nc(N2CCCCC2)c2c(C)c(C(=O)NC[C@@H](C)c3ccccc3)sc2n1. The van der Waals surface area contributed by atoms with Gasteiger partial charge in [0.25, 0.3) is 5.91 Å². The second kappa shape index (κ2) is 8.49. The third-order valence-corrected chi connectivity index (χ3v) is 6.87. The van der Waals surface area contributed by atoms with Gasteiger partial charge in [-0.1, -0.05) is 37.3 Å². The number of amides is 1. The summed E-state index contributed by atoms with van der Waals surface area (Å²) in [5, 5.41) is 4.17. The average molecular weight is 409 g/mol. The summed E-state index contributed by atoms with van der Waals surface area (Å²) in [6, 6.07) is 10.3. The van der Waals surface area contributed by atoms with Crippen molar-refractivity contribution in [2.75, 3.05) is 24.5 Å². The lowest BCUT2D eigenvalue weighted by atomic mass is 10.0. The van der Waals surface area contributed by atoms with Gasteiger partial charge in [-0.25, -0.2) is 9.97 Å². The molecule has 1 saturated heterocycles. The van der Waals surface area contributed by atoms with Gasteiger partial charge in [0.05, 0.1) is 10.3 Å². The quantitative estimate of drug-likeness (QED) is 0.657. The molecule has 1 amide bonds. The van der Waals surface area contributed by atoms with Gasteiger partial charge in [-0.05, 0) is 50.2 Å². The Bertz CT molecular complexity index is 1010. The topological polar surface area (TPSA) is 58.1 Å². The maximum atomic E-state index is 13.0. The first-order valence-electron chi connectivity index (χ1n) is 10.4. The van der Waals surface area contributed by atoms with E-state index >= 15 is 0 Å². The minimum Gasteiger partial charge on any atom is -0.356 e. The Hall–Kier alpha value is -2.47. The fourth-order valence-corrected chi connectivity index (χ4v) is 5.14. The minimum absolute atomic E-state index is 0.0180. The highest BCUT2D eigenvalue weighted by Crippen LogP contribution is 2.36. The van der Waals surface area contributed by atoms with E-state index in [2.05, 4.69) is 34.3 Å². The number of anilines is 1. The van der Waals surface area contributed by atoms with Crippen LogP contribution in [-0.4, -0.2) is 35.5 Å². The number of hydrogen-bond donors (Lipinski definition) is 1. The molecule has 1 atom stereocenters. The zero-order chi connectivity index (χ0) is 20.4. The first-order chi connectivity index (χ1) is 14.0. The van der Waals surface area contributed by atoms with Crippen molar-refractivity contribution in [2.45, 2.75) is 46.0 Å². The van der Waals surface area contributed by atoms with Crippen LogP contribution in [0.2, 0.25) is 0 Å². The molecule has 0 bridgehead atoms. The molecule has 5 nitrogen and oxygen atoms in total. The summed E-state index contributed by atoms with van der Waals surface area (Å²) >= 11 is 1.48. The Morgan fingerprint density at radius 2 is 1.86 bits per heavy atom. The van der Waals surface area contributed by atoms with Crippen LogP contribution < -0.4 is 10.2 Å². The van der Waals surface area contributed by atoms with Crippen LogP contribution in [0.3, 0.4) is 0 Å². The van der Waals surface area contributed by atoms with Crippen LogP contribution >= 0.6 is 11.3 Å². The Balaban J connectivity index is 1.59.